The summed E-state index contributed by atoms with van der Waals surface area (Å²) in [6.07, 6.45) is 1.19. The van der Waals surface area contributed by atoms with Gasteiger partial charge in [-0.2, -0.15) is 0 Å². The number of hydrogen-bond acceptors (Lipinski definition) is 7. The van der Waals surface area contributed by atoms with E-state index < -0.39 is 18.0 Å². The fourth-order valence-electron chi connectivity index (χ4n) is 3.84. The minimum absolute atomic E-state index is 0.0181. The first-order chi connectivity index (χ1) is 13.4. The Labute approximate surface area is 166 Å². The minimum Gasteiger partial charge on any atom is -0.460 e. The molecule has 148 valence electrons. The van der Waals surface area contributed by atoms with Crippen molar-refractivity contribution in [3.63, 3.8) is 0 Å². The Kier molecular flexibility index (Phi) is 4.82. The van der Waals surface area contributed by atoms with Crippen LogP contribution < -0.4 is 0 Å². The van der Waals surface area contributed by atoms with Gasteiger partial charge in [0.2, 0.25) is 11.7 Å². The highest BCUT2D eigenvalue weighted by atomic mass is 32.2. The molecular formula is C20H21NO6S. The predicted molar refractivity (Wildman–Crippen MR) is 103 cm³/mol. The molecule has 0 saturated carbocycles. The number of nitrogens with zero attached hydrogens (tertiary/aromatic N) is 1. The van der Waals surface area contributed by atoms with Crippen LogP contribution in [0.15, 0.2) is 28.7 Å². The molecule has 7 nitrogen and oxygen atoms in total. The molecule has 2 aromatic rings. The largest absolute Gasteiger partial charge is 0.460 e. The molecule has 0 spiro atoms. The lowest BCUT2D eigenvalue weighted by Gasteiger charge is -2.29. The van der Waals surface area contributed by atoms with Crippen LogP contribution in [-0.4, -0.2) is 46.0 Å². The minimum atomic E-state index is -0.603. The molecule has 0 radical (unpaired) electrons. The molecule has 28 heavy (non-hydrogen) atoms. The second-order valence-corrected chi connectivity index (χ2v) is 8.50. The summed E-state index contributed by atoms with van der Waals surface area (Å²) in [5, 5.41) is 0.696. The predicted octanol–water partition coefficient (Wildman–Crippen LogP) is 3.11. The second kappa shape index (κ2) is 7.16. The average molecular weight is 403 g/mol. The van der Waals surface area contributed by atoms with Crippen LogP contribution in [0, 0.1) is 0 Å². The standard InChI is InChI=1S/C20H21NO6S/c1-3-25-19(24)17-13(12-6-4-5-7-15(12)27-17)10-26-18(23)14-11-28-20(2)9-8-16(22)21(14)20/h4-7,14H,3,8-11H2,1-2H3/t14-,20-/m0/s1. The Morgan fingerprint density at radius 3 is 2.89 bits per heavy atom. The van der Waals surface area contributed by atoms with Gasteiger partial charge in [-0.3, -0.25) is 4.79 Å². The fourth-order valence-corrected chi connectivity index (χ4v) is 5.25. The maximum absolute atomic E-state index is 12.7. The van der Waals surface area contributed by atoms with Gasteiger partial charge in [-0.1, -0.05) is 18.2 Å². The van der Waals surface area contributed by atoms with Crippen molar-refractivity contribution in [3.05, 3.63) is 35.6 Å². The van der Waals surface area contributed by atoms with Crippen LogP contribution in [0.3, 0.4) is 0 Å². The van der Waals surface area contributed by atoms with Crippen LogP contribution in [0.4, 0.5) is 0 Å². The zero-order valence-electron chi connectivity index (χ0n) is 15.7. The van der Waals surface area contributed by atoms with Crippen LogP contribution >= 0.6 is 11.8 Å². The number of carbonyl (C=O) groups is 3. The van der Waals surface area contributed by atoms with E-state index in [1.54, 1.807) is 41.8 Å². The second-order valence-electron chi connectivity index (χ2n) is 7.00. The monoisotopic (exact) mass is 403 g/mol. The van der Waals surface area contributed by atoms with E-state index in [1.807, 2.05) is 13.0 Å². The number of fused-ring (bicyclic) bond motifs is 2. The highest BCUT2D eigenvalue weighted by Gasteiger charge is 2.53. The van der Waals surface area contributed by atoms with Crippen LogP contribution in [-0.2, 0) is 25.7 Å². The summed E-state index contributed by atoms with van der Waals surface area (Å²) in [4.78, 5) is 38.5. The van der Waals surface area contributed by atoms with Crippen molar-refractivity contribution in [2.24, 2.45) is 0 Å². The Balaban J connectivity index is 1.56. The molecule has 4 rings (SSSR count). The first-order valence-electron chi connectivity index (χ1n) is 9.25. The number of ether oxygens (including phenoxy) is 2. The van der Waals surface area contributed by atoms with Gasteiger partial charge in [0.15, 0.2) is 0 Å². The third-order valence-corrected chi connectivity index (χ3v) is 6.74. The van der Waals surface area contributed by atoms with Gasteiger partial charge in [-0.15, -0.1) is 11.8 Å². The lowest BCUT2D eigenvalue weighted by molar-refractivity contribution is -0.154. The zero-order chi connectivity index (χ0) is 19.9. The van der Waals surface area contributed by atoms with Crippen molar-refractivity contribution in [1.29, 1.82) is 0 Å². The van der Waals surface area contributed by atoms with Gasteiger partial charge in [-0.25, -0.2) is 9.59 Å². The van der Waals surface area contributed by atoms with E-state index in [0.717, 1.165) is 6.42 Å². The Morgan fingerprint density at radius 1 is 1.32 bits per heavy atom. The molecule has 8 heteroatoms. The summed E-state index contributed by atoms with van der Waals surface area (Å²) in [6.45, 7) is 3.79. The molecule has 2 atom stereocenters. The van der Waals surface area contributed by atoms with E-state index in [2.05, 4.69) is 0 Å². The van der Waals surface area contributed by atoms with E-state index in [-0.39, 0.29) is 29.8 Å². The maximum atomic E-state index is 12.7. The molecule has 1 amide bonds. The van der Waals surface area contributed by atoms with E-state index in [0.29, 0.717) is 28.7 Å². The van der Waals surface area contributed by atoms with Gasteiger partial charge in [-0.05, 0) is 26.3 Å². The molecule has 3 heterocycles. The molecule has 0 aliphatic carbocycles. The molecular weight excluding hydrogens is 382 g/mol. The lowest BCUT2D eigenvalue weighted by Crippen LogP contribution is -2.46. The van der Waals surface area contributed by atoms with Crippen LogP contribution in [0.25, 0.3) is 11.0 Å². The number of rotatable bonds is 5. The van der Waals surface area contributed by atoms with Crippen LogP contribution in [0.1, 0.15) is 42.8 Å². The molecule has 0 unspecified atom stereocenters. The molecule has 2 aliphatic rings. The third-order valence-electron chi connectivity index (χ3n) is 5.23. The molecule has 2 aliphatic heterocycles. The topological polar surface area (TPSA) is 86.0 Å². The number of esters is 2. The Morgan fingerprint density at radius 2 is 2.11 bits per heavy atom. The summed E-state index contributed by atoms with van der Waals surface area (Å²) in [5.41, 5.74) is 0.999. The molecule has 2 saturated heterocycles. The Hall–Kier alpha value is -2.48. The van der Waals surface area contributed by atoms with E-state index in [9.17, 15) is 14.4 Å². The number of thioether (sulfide) groups is 1. The van der Waals surface area contributed by atoms with E-state index in [4.69, 9.17) is 13.9 Å². The lowest BCUT2D eigenvalue weighted by atomic mass is 10.1. The first kappa shape index (κ1) is 18.9. The summed E-state index contributed by atoms with van der Waals surface area (Å²) in [5.74, 6) is -0.526. The summed E-state index contributed by atoms with van der Waals surface area (Å²) < 4.78 is 16.2. The Bertz CT molecular complexity index is 953. The number of para-hydroxylation sites is 1. The zero-order valence-corrected chi connectivity index (χ0v) is 16.5. The highest BCUT2D eigenvalue weighted by Crippen LogP contribution is 2.47. The van der Waals surface area contributed by atoms with Crippen LogP contribution in [0.5, 0.6) is 0 Å². The van der Waals surface area contributed by atoms with Gasteiger partial charge in [0.1, 0.15) is 18.2 Å². The summed E-state index contributed by atoms with van der Waals surface area (Å²) in [7, 11) is 0. The van der Waals surface area contributed by atoms with Crippen molar-refractivity contribution in [2.45, 2.75) is 44.2 Å². The highest BCUT2D eigenvalue weighted by molar-refractivity contribution is 8.01. The average Bonchev–Trinajstić information content (AvgIpc) is 3.31. The number of amides is 1. The summed E-state index contributed by atoms with van der Waals surface area (Å²) >= 11 is 1.61. The van der Waals surface area contributed by atoms with E-state index >= 15 is 0 Å². The number of carbonyl (C=O) groups excluding carboxylic acids is 3. The van der Waals surface area contributed by atoms with Crippen molar-refractivity contribution in [3.8, 4) is 0 Å². The van der Waals surface area contributed by atoms with Crippen molar-refractivity contribution in [2.75, 3.05) is 12.4 Å². The van der Waals surface area contributed by atoms with Gasteiger partial charge in [0.05, 0.1) is 17.0 Å². The first-order valence-corrected chi connectivity index (χ1v) is 10.2. The van der Waals surface area contributed by atoms with Gasteiger partial charge >= 0.3 is 11.9 Å². The van der Waals surface area contributed by atoms with Crippen molar-refractivity contribution in [1.82, 2.24) is 4.90 Å². The quantitative estimate of drug-likeness (QED) is 0.709. The van der Waals surface area contributed by atoms with Gasteiger partial charge in [0, 0.05) is 17.6 Å². The normalized spacial score (nSPS) is 23.9. The van der Waals surface area contributed by atoms with Crippen molar-refractivity contribution < 1.29 is 28.3 Å². The van der Waals surface area contributed by atoms with Gasteiger partial charge in [0.25, 0.3) is 0 Å². The smallest absolute Gasteiger partial charge is 0.374 e. The number of furan rings is 1. The van der Waals surface area contributed by atoms with E-state index in [1.165, 1.54) is 0 Å². The van der Waals surface area contributed by atoms with Gasteiger partial charge < -0.3 is 18.8 Å². The molecule has 1 aromatic heterocycles. The molecule has 2 fully saturated rings. The third kappa shape index (κ3) is 3.05. The molecule has 1 aromatic carbocycles. The SMILES string of the molecule is CCOC(=O)c1oc2ccccc2c1COC(=O)[C@@H]1CS[C@@]2(C)CCC(=O)N12. The molecule has 0 bridgehead atoms. The number of benzene rings is 1. The van der Waals surface area contributed by atoms with Crippen LogP contribution in [0.2, 0.25) is 0 Å². The fraction of sp³-hybridized carbons (Fsp3) is 0.450. The van der Waals surface area contributed by atoms with Crippen molar-refractivity contribution >= 4 is 40.6 Å². The molecule has 0 N–H and O–H groups in total. The number of hydrogen-bond donors (Lipinski definition) is 0. The maximum Gasteiger partial charge on any atom is 0.374 e. The summed E-state index contributed by atoms with van der Waals surface area (Å²) in [6, 6.07) is 6.56.